The Balaban J connectivity index is 2.05. The zero-order valence-corrected chi connectivity index (χ0v) is 10.7. The van der Waals surface area contributed by atoms with Crippen molar-refractivity contribution >= 4 is 5.91 Å². The number of carbonyl (C=O) groups excluding carboxylic acids is 1. The molecular formula is C14H19FN2O. The molecule has 98 valence electrons. The van der Waals surface area contributed by atoms with Crippen molar-refractivity contribution in [3.63, 3.8) is 0 Å². The van der Waals surface area contributed by atoms with Crippen molar-refractivity contribution < 1.29 is 9.18 Å². The van der Waals surface area contributed by atoms with Gasteiger partial charge in [-0.3, -0.25) is 4.79 Å². The lowest BCUT2D eigenvalue weighted by Gasteiger charge is -2.16. The van der Waals surface area contributed by atoms with Crippen LogP contribution in [-0.2, 0) is 0 Å². The Bertz CT molecular complexity index is 447. The number of halogens is 1. The second-order valence-corrected chi connectivity index (χ2v) is 4.95. The molecule has 0 aromatic heterocycles. The molecule has 0 bridgehead atoms. The van der Waals surface area contributed by atoms with Gasteiger partial charge in [0.25, 0.3) is 5.91 Å². The van der Waals surface area contributed by atoms with Crippen LogP contribution < -0.4 is 5.73 Å². The highest BCUT2D eigenvalue weighted by Crippen LogP contribution is 2.21. The minimum Gasteiger partial charge on any atom is -0.338 e. The van der Waals surface area contributed by atoms with Crippen molar-refractivity contribution in [2.45, 2.75) is 19.8 Å². The third-order valence-corrected chi connectivity index (χ3v) is 3.55. The van der Waals surface area contributed by atoms with Crippen LogP contribution in [0.2, 0.25) is 0 Å². The number of nitrogens with zero attached hydrogens (tertiary/aromatic N) is 1. The normalized spacial score (nSPS) is 19.3. The fourth-order valence-corrected chi connectivity index (χ4v) is 2.45. The molecule has 0 spiro atoms. The van der Waals surface area contributed by atoms with E-state index in [1.807, 2.05) is 4.90 Å². The molecule has 2 N–H and O–H groups in total. The number of rotatable bonds is 3. The van der Waals surface area contributed by atoms with Gasteiger partial charge in [-0.25, -0.2) is 4.39 Å². The number of amides is 1. The first kappa shape index (κ1) is 13.0. The van der Waals surface area contributed by atoms with Gasteiger partial charge in [-0.2, -0.15) is 0 Å². The monoisotopic (exact) mass is 250 g/mol. The van der Waals surface area contributed by atoms with E-state index < -0.39 is 0 Å². The Morgan fingerprint density at radius 1 is 1.56 bits per heavy atom. The van der Waals surface area contributed by atoms with Gasteiger partial charge in [0.1, 0.15) is 5.82 Å². The van der Waals surface area contributed by atoms with E-state index in [4.69, 9.17) is 5.73 Å². The molecule has 0 aliphatic carbocycles. The smallest absolute Gasteiger partial charge is 0.253 e. The zero-order chi connectivity index (χ0) is 13.1. The molecule has 1 unspecified atom stereocenters. The highest BCUT2D eigenvalue weighted by Gasteiger charge is 2.26. The molecule has 1 heterocycles. The molecule has 1 aromatic carbocycles. The maximum atomic E-state index is 13.2. The summed E-state index contributed by atoms with van der Waals surface area (Å²) in [4.78, 5) is 14.1. The second kappa shape index (κ2) is 5.48. The van der Waals surface area contributed by atoms with Crippen molar-refractivity contribution in [2.24, 2.45) is 11.7 Å². The van der Waals surface area contributed by atoms with Crippen molar-refractivity contribution in [3.05, 3.63) is 35.1 Å². The van der Waals surface area contributed by atoms with Crippen LogP contribution in [0, 0.1) is 18.7 Å². The van der Waals surface area contributed by atoms with E-state index >= 15 is 0 Å². The van der Waals surface area contributed by atoms with Gasteiger partial charge in [0, 0.05) is 18.7 Å². The number of benzene rings is 1. The lowest BCUT2D eigenvalue weighted by atomic mass is 10.1. The fraction of sp³-hybridized carbons (Fsp3) is 0.500. The van der Waals surface area contributed by atoms with Gasteiger partial charge in [0.15, 0.2) is 0 Å². The number of carbonyl (C=O) groups is 1. The highest BCUT2D eigenvalue weighted by atomic mass is 19.1. The van der Waals surface area contributed by atoms with Crippen LogP contribution in [0.5, 0.6) is 0 Å². The predicted octanol–water partition coefficient (Wildman–Crippen LogP) is 1.95. The predicted molar refractivity (Wildman–Crippen MR) is 68.8 cm³/mol. The van der Waals surface area contributed by atoms with Gasteiger partial charge >= 0.3 is 0 Å². The van der Waals surface area contributed by atoms with Gasteiger partial charge < -0.3 is 10.6 Å². The summed E-state index contributed by atoms with van der Waals surface area (Å²) in [7, 11) is 0. The van der Waals surface area contributed by atoms with Gasteiger partial charge in [-0.05, 0) is 56.0 Å². The van der Waals surface area contributed by atoms with E-state index in [1.54, 1.807) is 19.1 Å². The molecule has 1 atom stereocenters. The van der Waals surface area contributed by atoms with Crippen molar-refractivity contribution in [2.75, 3.05) is 19.6 Å². The molecule has 0 radical (unpaired) electrons. The Labute approximate surface area is 107 Å². The van der Waals surface area contributed by atoms with Crippen LogP contribution in [0.4, 0.5) is 4.39 Å². The number of hydrogen-bond donors (Lipinski definition) is 1. The van der Waals surface area contributed by atoms with Crippen LogP contribution in [-0.4, -0.2) is 30.4 Å². The molecule has 0 saturated carbocycles. The summed E-state index contributed by atoms with van der Waals surface area (Å²) in [5, 5.41) is 0. The first-order chi connectivity index (χ1) is 8.61. The molecule has 4 heteroatoms. The molecule has 1 aromatic rings. The average molecular weight is 250 g/mol. The van der Waals surface area contributed by atoms with Gasteiger partial charge in [-0.15, -0.1) is 0 Å². The molecule has 3 nitrogen and oxygen atoms in total. The summed E-state index contributed by atoms with van der Waals surface area (Å²) in [5.74, 6) is 0.243. The Hall–Kier alpha value is -1.42. The molecule has 1 saturated heterocycles. The van der Waals surface area contributed by atoms with Crippen molar-refractivity contribution in [1.29, 1.82) is 0 Å². The van der Waals surface area contributed by atoms with Crippen LogP contribution >= 0.6 is 0 Å². The minimum absolute atomic E-state index is 0.00220. The van der Waals surface area contributed by atoms with Crippen molar-refractivity contribution in [1.82, 2.24) is 4.90 Å². The van der Waals surface area contributed by atoms with E-state index in [1.165, 1.54) is 6.07 Å². The molecule has 1 fully saturated rings. The Morgan fingerprint density at radius 3 is 3.00 bits per heavy atom. The molecular weight excluding hydrogens is 231 g/mol. The molecule has 1 aliphatic rings. The molecule has 2 rings (SSSR count). The van der Waals surface area contributed by atoms with Gasteiger partial charge in [-0.1, -0.05) is 0 Å². The molecule has 1 aliphatic heterocycles. The lowest BCUT2D eigenvalue weighted by Crippen LogP contribution is -2.29. The third kappa shape index (κ3) is 2.70. The summed E-state index contributed by atoms with van der Waals surface area (Å²) < 4.78 is 13.2. The van der Waals surface area contributed by atoms with Crippen LogP contribution in [0.1, 0.15) is 28.8 Å². The van der Waals surface area contributed by atoms with Crippen LogP contribution in [0.25, 0.3) is 0 Å². The van der Waals surface area contributed by atoms with E-state index in [0.29, 0.717) is 23.6 Å². The SMILES string of the molecule is Cc1cc(C(=O)N2CCC(CCN)C2)ccc1F. The Morgan fingerprint density at radius 2 is 2.33 bits per heavy atom. The van der Waals surface area contributed by atoms with E-state index in [-0.39, 0.29) is 11.7 Å². The Kier molecular flexibility index (Phi) is 3.97. The number of nitrogens with two attached hydrogens (primary N) is 1. The zero-order valence-electron chi connectivity index (χ0n) is 10.7. The van der Waals surface area contributed by atoms with Crippen molar-refractivity contribution in [3.8, 4) is 0 Å². The summed E-state index contributed by atoms with van der Waals surface area (Å²) in [6, 6.07) is 4.53. The van der Waals surface area contributed by atoms with Crippen LogP contribution in [0.15, 0.2) is 18.2 Å². The third-order valence-electron chi connectivity index (χ3n) is 3.55. The highest BCUT2D eigenvalue weighted by molar-refractivity contribution is 5.94. The van der Waals surface area contributed by atoms with E-state index in [9.17, 15) is 9.18 Å². The first-order valence-electron chi connectivity index (χ1n) is 6.37. The summed E-state index contributed by atoms with van der Waals surface area (Å²) >= 11 is 0. The lowest BCUT2D eigenvalue weighted by molar-refractivity contribution is 0.0786. The van der Waals surface area contributed by atoms with Gasteiger partial charge in [0.2, 0.25) is 0 Å². The summed E-state index contributed by atoms with van der Waals surface area (Å²) in [6.45, 7) is 3.89. The largest absolute Gasteiger partial charge is 0.338 e. The van der Waals surface area contributed by atoms with Crippen LogP contribution in [0.3, 0.4) is 0 Å². The quantitative estimate of drug-likeness (QED) is 0.891. The topological polar surface area (TPSA) is 46.3 Å². The fourth-order valence-electron chi connectivity index (χ4n) is 2.45. The van der Waals surface area contributed by atoms with Gasteiger partial charge in [0.05, 0.1) is 0 Å². The van der Waals surface area contributed by atoms with E-state index in [2.05, 4.69) is 0 Å². The standard InChI is InChI=1S/C14H19FN2O/c1-10-8-12(2-3-13(10)15)14(18)17-7-5-11(9-17)4-6-16/h2-3,8,11H,4-7,9,16H2,1H3. The molecule has 18 heavy (non-hydrogen) atoms. The first-order valence-corrected chi connectivity index (χ1v) is 6.37. The molecule has 1 amide bonds. The summed E-state index contributed by atoms with van der Waals surface area (Å²) in [5.41, 5.74) is 6.62. The van der Waals surface area contributed by atoms with E-state index in [0.717, 1.165) is 25.9 Å². The second-order valence-electron chi connectivity index (χ2n) is 4.95. The number of aryl methyl sites for hydroxylation is 1. The average Bonchev–Trinajstić information content (AvgIpc) is 2.81. The summed E-state index contributed by atoms with van der Waals surface area (Å²) in [6.07, 6.45) is 1.98. The maximum absolute atomic E-state index is 13.2. The number of hydrogen-bond acceptors (Lipinski definition) is 2. The number of likely N-dealkylation sites (tertiary alicyclic amines) is 1. The minimum atomic E-state index is -0.269. The maximum Gasteiger partial charge on any atom is 0.253 e.